The SMILES string of the molecule is Cc1ccc(F)c(N2CCn3nc(COc4ccccc4)cc3C2=O)n1. The maximum absolute atomic E-state index is 14.1. The number of hydrogen-bond acceptors (Lipinski definition) is 4. The van der Waals surface area contributed by atoms with E-state index in [0.717, 1.165) is 5.75 Å². The van der Waals surface area contributed by atoms with Crippen molar-refractivity contribution in [3.8, 4) is 5.75 Å². The summed E-state index contributed by atoms with van der Waals surface area (Å²) in [5, 5.41) is 4.41. The molecule has 2 aromatic heterocycles. The normalized spacial score (nSPS) is 13.6. The van der Waals surface area contributed by atoms with Crippen molar-refractivity contribution in [2.24, 2.45) is 0 Å². The number of benzene rings is 1. The number of anilines is 1. The lowest BCUT2D eigenvalue weighted by Crippen LogP contribution is -2.41. The van der Waals surface area contributed by atoms with Crippen LogP contribution >= 0.6 is 0 Å². The van der Waals surface area contributed by atoms with Gasteiger partial charge in [0.05, 0.1) is 6.54 Å². The molecule has 132 valence electrons. The zero-order valence-electron chi connectivity index (χ0n) is 14.2. The molecule has 3 heterocycles. The summed E-state index contributed by atoms with van der Waals surface area (Å²) in [5.74, 6) is -0.0294. The van der Waals surface area contributed by atoms with Gasteiger partial charge in [0.15, 0.2) is 11.6 Å². The Balaban J connectivity index is 1.55. The smallest absolute Gasteiger partial charge is 0.277 e. The standard InChI is InChI=1S/C19H17FN4O2/c1-13-7-8-16(20)18(21-13)23-9-10-24-17(19(23)25)11-14(22-24)12-26-15-5-3-2-4-6-15/h2-8,11H,9-10,12H2,1H3. The van der Waals surface area contributed by atoms with Gasteiger partial charge in [0.2, 0.25) is 0 Å². The first kappa shape index (κ1) is 16.3. The van der Waals surface area contributed by atoms with E-state index in [1.54, 1.807) is 23.7 Å². The third-order valence-corrected chi connectivity index (χ3v) is 4.18. The van der Waals surface area contributed by atoms with Crippen molar-refractivity contribution in [1.29, 1.82) is 0 Å². The Bertz CT molecular complexity index is 955. The third-order valence-electron chi connectivity index (χ3n) is 4.18. The number of pyridine rings is 1. The van der Waals surface area contributed by atoms with Crippen LogP contribution in [0.3, 0.4) is 0 Å². The van der Waals surface area contributed by atoms with Gasteiger partial charge in [-0.2, -0.15) is 5.10 Å². The molecule has 3 aromatic rings. The lowest BCUT2D eigenvalue weighted by Gasteiger charge is -2.26. The van der Waals surface area contributed by atoms with Gasteiger partial charge >= 0.3 is 0 Å². The largest absolute Gasteiger partial charge is 0.487 e. The second kappa shape index (κ2) is 6.59. The van der Waals surface area contributed by atoms with Crippen LogP contribution in [0.1, 0.15) is 21.9 Å². The van der Waals surface area contributed by atoms with Gasteiger partial charge in [0, 0.05) is 12.2 Å². The first-order chi connectivity index (χ1) is 12.6. The van der Waals surface area contributed by atoms with Crippen molar-refractivity contribution in [3.05, 3.63) is 71.4 Å². The van der Waals surface area contributed by atoms with Gasteiger partial charge in [-0.25, -0.2) is 9.37 Å². The Hall–Kier alpha value is -3.22. The molecule has 1 aromatic carbocycles. The Kier molecular flexibility index (Phi) is 4.12. The molecule has 1 aliphatic rings. The molecule has 1 aliphatic heterocycles. The second-order valence-electron chi connectivity index (χ2n) is 6.06. The number of aromatic nitrogens is 3. The molecule has 0 radical (unpaired) electrons. The van der Waals surface area contributed by atoms with Gasteiger partial charge < -0.3 is 4.74 Å². The minimum absolute atomic E-state index is 0.0598. The molecule has 0 N–H and O–H groups in total. The fourth-order valence-corrected chi connectivity index (χ4v) is 2.91. The summed E-state index contributed by atoms with van der Waals surface area (Å²) in [5.41, 5.74) is 1.72. The number of para-hydroxylation sites is 1. The summed E-state index contributed by atoms with van der Waals surface area (Å²) in [6.45, 7) is 2.82. The fraction of sp³-hybridized carbons (Fsp3) is 0.211. The predicted octanol–water partition coefficient (Wildman–Crippen LogP) is 2.97. The fourth-order valence-electron chi connectivity index (χ4n) is 2.91. The number of aryl methyl sites for hydroxylation is 1. The number of fused-ring (bicyclic) bond motifs is 1. The molecule has 0 fully saturated rings. The maximum Gasteiger partial charge on any atom is 0.277 e. The van der Waals surface area contributed by atoms with Crippen molar-refractivity contribution in [2.45, 2.75) is 20.1 Å². The lowest BCUT2D eigenvalue weighted by atomic mass is 10.2. The molecule has 4 rings (SSSR count). The van der Waals surface area contributed by atoms with E-state index in [9.17, 15) is 9.18 Å². The summed E-state index contributed by atoms with van der Waals surface area (Å²) < 4.78 is 21.4. The molecule has 6 nitrogen and oxygen atoms in total. The van der Waals surface area contributed by atoms with E-state index < -0.39 is 5.82 Å². The van der Waals surface area contributed by atoms with Gasteiger partial charge in [-0.05, 0) is 37.3 Å². The van der Waals surface area contributed by atoms with Gasteiger partial charge in [-0.15, -0.1) is 0 Å². The van der Waals surface area contributed by atoms with Crippen molar-refractivity contribution in [3.63, 3.8) is 0 Å². The number of rotatable bonds is 4. The number of carbonyl (C=O) groups excluding carboxylic acids is 1. The van der Waals surface area contributed by atoms with E-state index in [2.05, 4.69) is 10.1 Å². The highest BCUT2D eigenvalue weighted by atomic mass is 19.1. The number of ether oxygens (including phenoxy) is 1. The summed E-state index contributed by atoms with van der Waals surface area (Å²) in [6, 6.07) is 14.0. The number of carbonyl (C=O) groups is 1. The quantitative estimate of drug-likeness (QED) is 0.724. The minimum Gasteiger partial charge on any atom is -0.487 e. The number of halogens is 1. The molecule has 0 atom stereocenters. The molecule has 0 spiro atoms. The van der Waals surface area contributed by atoms with E-state index >= 15 is 0 Å². The molecule has 7 heteroatoms. The highest BCUT2D eigenvalue weighted by molar-refractivity contribution is 6.05. The van der Waals surface area contributed by atoms with Crippen LogP contribution in [0.5, 0.6) is 5.75 Å². The van der Waals surface area contributed by atoms with Crippen LogP contribution in [0.25, 0.3) is 0 Å². The molecular formula is C19H17FN4O2. The van der Waals surface area contributed by atoms with Crippen LogP contribution in [0, 0.1) is 12.7 Å². The highest BCUT2D eigenvalue weighted by Crippen LogP contribution is 2.23. The monoisotopic (exact) mass is 352 g/mol. The average molecular weight is 352 g/mol. The average Bonchev–Trinajstić information content (AvgIpc) is 3.08. The van der Waals surface area contributed by atoms with Crippen molar-refractivity contribution >= 4 is 11.7 Å². The Labute approximate surface area is 149 Å². The number of amides is 1. The topological polar surface area (TPSA) is 60.2 Å². The number of hydrogen-bond donors (Lipinski definition) is 0. The third kappa shape index (κ3) is 3.03. The second-order valence-corrected chi connectivity index (χ2v) is 6.06. The van der Waals surface area contributed by atoms with E-state index in [4.69, 9.17) is 4.74 Å². The molecule has 0 bridgehead atoms. The van der Waals surface area contributed by atoms with Crippen molar-refractivity contribution in [2.75, 3.05) is 11.4 Å². The molecule has 0 unspecified atom stereocenters. The van der Waals surface area contributed by atoms with E-state index in [-0.39, 0.29) is 18.3 Å². The molecule has 1 amide bonds. The number of nitrogens with zero attached hydrogens (tertiary/aromatic N) is 4. The van der Waals surface area contributed by atoms with Gasteiger partial charge in [-0.3, -0.25) is 14.4 Å². The van der Waals surface area contributed by atoms with E-state index in [1.165, 1.54) is 11.0 Å². The van der Waals surface area contributed by atoms with Gasteiger partial charge in [0.1, 0.15) is 23.7 Å². The lowest BCUT2D eigenvalue weighted by molar-refractivity contribution is 0.0960. The zero-order chi connectivity index (χ0) is 18.1. The van der Waals surface area contributed by atoms with Crippen LogP contribution in [0.4, 0.5) is 10.2 Å². The summed E-state index contributed by atoms with van der Waals surface area (Å²) in [4.78, 5) is 18.3. The highest BCUT2D eigenvalue weighted by Gasteiger charge is 2.30. The van der Waals surface area contributed by atoms with Crippen LogP contribution in [0.2, 0.25) is 0 Å². The maximum atomic E-state index is 14.1. The van der Waals surface area contributed by atoms with E-state index in [1.807, 2.05) is 30.3 Å². The molecule has 0 saturated heterocycles. The summed E-state index contributed by atoms with van der Waals surface area (Å²) in [6.07, 6.45) is 0. The van der Waals surface area contributed by atoms with Crippen LogP contribution in [-0.2, 0) is 13.2 Å². The molecule has 0 saturated carbocycles. The van der Waals surface area contributed by atoms with Crippen LogP contribution < -0.4 is 9.64 Å². The Morgan fingerprint density at radius 2 is 1.96 bits per heavy atom. The molecular weight excluding hydrogens is 335 g/mol. The van der Waals surface area contributed by atoms with E-state index in [0.29, 0.717) is 30.2 Å². The van der Waals surface area contributed by atoms with Gasteiger partial charge in [0.25, 0.3) is 5.91 Å². The summed E-state index contributed by atoms with van der Waals surface area (Å²) in [7, 11) is 0. The van der Waals surface area contributed by atoms with Crippen LogP contribution in [-0.4, -0.2) is 27.2 Å². The first-order valence-electron chi connectivity index (χ1n) is 8.31. The van der Waals surface area contributed by atoms with Gasteiger partial charge in [-0.1, -0.05) is 18.2 Å². The summed E-state index contributed by atoms with van der Waals surface area (Å²) >= 11 is 0. The Morgan fingerprint density at radius 3 is 2.77 bits per heavy atom. The molecule has 26 heavy (non-hydrogen) atoms. The van der Waals surface area contributed by atoms with Crippen molar-refractivity contribution < 1.29 is 13.9 Å². The van der Waals surface area contributed by atoms with Crippen LogP contribution in [0.15, 0.2) is 48.5 Å². The van der Waals surface area contributed by atoms with Crippen molar-refractivity contribution in [1.82, 2.24) is 14.8 Å². The Morgan fingerprint density at radius 1 is 1.15 bits per heavy atom. The minimum atomic E-state index is -0.510. The molecule has 0 aliphatic carbocycles. The first-order valence-corrected chi connectivity index (χ1v) is 8.31. The zero-order valence-corrected chi connectivity index (χ0v) is 14.2. The predicted molar refractivity (Wildman–Crippen MR) is 93.6 cm³/mol.